The molecule has 0 unspecified atom stereocenters. The molecule has 2 heterocycles. The monoisotopic (exact) mass is 339 g/mol. The number of nitrogens with one attached hydrogen (secondary N) is 1. The fraction of sp³-hybridized carbons (Fsp3) is 0.450. The summed E-state index contributed by atoms with van der Waals surface area (Å²) in [6.07, 6.45) is 2.64. The van der Waals surface area contributed by atoms with Gasteiger partial charge in [-0.25, -0.2) is 0 Å². The van der Waals surface area contributed by atoms with Gasteiger partial charge in [0, 0.05) is 31.6 Å². The maximum Gasteiger partial charge on any atom is 0.253 e. The van der Waals surface area contributed by atoms with Crippen molar-refractivity contribution in [2.24, 2.45) is 0 Å². The summed E-state index contributed by atoms with van der Waals surface area (Å²) in [6, 6.07) is 6.14. The molecule has 25 heavy (non-hydrogen) atoms. The zero-order valence-electron chi connectivity index (χ0n) is 15.3. The predicted molar refractivity (Wildman–Crippen MR) is 98.7 cm³/mol. The molecule has 0 radical (unpaired) electrons. The molecular weight excluding hydrogens is 314 g/mol. The number of amides is 2. The molecule has 0 atom stereocenters. The van der Waals surface area contributed by atoms with Gasteiger partial charge in [0.1, 0.15) is 0 Å². The molecular formula is C20H25N3O2. The molecule has 0 aliphatic carbocycles. The van der Waals surface area contributed by atoms with E-state index in [-0.39, 0.29) is 17.9 Å². The quantitative estimate of drug-likeness (QED) is 0.932. The van der Waals surface area contributed by atoms with Crippen LogP contribution in [0.5, 0.6) is 0 Å². The first-order chi connectivity index (χ1) is 11.9. The lowest BCUT2D eigenvalue weighted by Crippen LogP contribution is -2.60. The van der Waals surface area contributed by atoms with Gasteiger partial charge in [-0.1, -0.05) is 20.8 Å². The minimum atomic E-state index is -0.109. The highest BCUT2D eigenvalue weighted by Crippen LogP contribution is 2.28. The lowest BCUT2D eigenvalue weighted by molar-refractivity contribution is -0.133. The van der Waals surface area contributed by atoms with Crippen molar-refractivity contribution in [3.05, 3.63) is 41.1 Å². The number of hydrogen-bond acceptors (Lipinski definition) is 3. The number of aryl methyl sites for hydroxylation is 1. The molecule has 1 aromatic heterocycles. The van der Waals surface area contributed by atoms with Crippen LogP contribution in [0.3, 0.4) is 0 Å². The molecule has 1 fully saturated rings. The van der Waals surface area contributed by atoms with Gasteiger partial charge in [0.2, 0.25) is 5.91 Å². The number of nitrogens with zero attached hydrogens (tertiary/aromatic N) is 2. The molecule has 3 rings (SSSR count). The summed E-state index contributed by atoms with van der Waals surface area (Å²) >= 11 is 0. The van der Waals surface area contributed by atoms with Crippen LogP contribution in [0.25, 0.3) is 10.9 Å². The second kappa shape index (κ2) is 6.82. The Labute approximate surface area is 148 Å². The fourth-order valence-electron chi connectivity index (χ4n) is 3.31. The first kappa shape index (κ1) is 17.4. The van der Waals surface area contributed by atoms with Gasteiger partial charge in [0.25, 0.3) is 5.91 Å². The zero-order valence-corrected chi connectivity index (χ0v) is 15.3. The highest BCUT2D eigenvalue weighted by Gasteiger charge is 2.30. The number of aromatic nitrogens is 1. The molecule has 1 N–H and O–H groups in total. The molecule has 1 aliphatic rings. The smallest absolute Gasteiger partial charge is 0.253 e. The number of hydrogen-bond donors (Lipinski definition) is 1. The Bertz CT molecular complexity index is 823. The van der Waals surface area contributed by atoms with E-state index in [0.29, 0.717) is 24.6 Å². The molecule has 1 saturated heterocycles. The summed E-state index contributed by atoms with van der Waals surface area (Å²) in [4.78, 5) is 30.3. The van der Waals surface area contributed by atoms with Crippen LogP contribution in [0, 0.1) is 0 Å². The van der Waals surface area contributed by atoms with Gasteiger partial charge in [-0.15, -0.1) is 0 Å². The molecule has 5 nitrogen and oxygen atoms in total. The molecule has 132 valence electrons. The Morgan fingerprint density at radius 3 is 2.64 bits per heavy atom. The highest BCUT2D eigenvalue weighted by molar-refractivity contribution is 6.06. The fourth-order valence-corrected chi connectivity index (χ4v) is 3.31. The van der Waals surface area contributed by atoms with Crippen LogP contribution >= 0.6 is 0 Å². The number of likely N-dealkylation sites (tertiary alicyclic amines) is 1. The number of pyridine rings is 1. The highest BCUT2D eigenvalue weighted by atomic mass is 16.2. The van der Waals surface area contributed by atoms with Crippen molar-refractivity contribution in [1.29, 1.82) is 0 Å². The standard InChI is InChI=1S/C20H25N3O2/c1-5-14-8-17-16(12(2)3)6-7-21-19(17)18(9-14)20(25)22-15-10-23(11-15)13(4)24/h6-9,12,15H,5,10-11H2,1-4H3,(H,22,25). The van der Waals surface area contributed by atoms with Gasteiger partial charge in [-0.2, -0.15) is 0 Å². The maximum absolute atomic E-state index is 12.8. The number of fused-ring (bicyclic) bond motifs is 1. The van der Waals surface area contributed by atoms with E-state index in [2.05, 4.69) is 37.1 Å². The molecule has 1 aliphatic heterocycles. The van der Waals surface area contributed by atoms with Crippen LogP contribution in [0.4, 0.5) is 0 Å². The van der Waals surface area contributed by atoms with E-state index >= 15 is 0 Å². The Balaban J connectivity index is 1.94. The van der Waals surface area contributed by atoms with Gasteiger partial charge in [0.15, 0.2) is 0 Å². The topological polar surface area (TPSA) is 62.3 Å². The van der Waals surface area contributed by atoms with Crippen molar-refractivity contribution in [2.75, 3.05) is 13.1 Å². The Morgan fingerprint density at radius 2 is 2.04 bits per heavy atom. The van der Waals surface area contributed by atoms with E-state index in [1.54, 1.807) is 18.0 Å². The summed E-state index contributed by atoms with van der Waals surface area (Å²) in [5.74, 6) is 0.304. The van der Waals surface area contributed by atoms with E-state index in [1.165, 1.54) is 5.56 Å². The zero-order chi connectivity index (χ0) is 18.1. The largest absolute Gasteiger partial charge is 0.346 e. The molecule has 0 saturated carbocycles. The molecule has 0 bridgehead atoms. The Kier molecular flexibility index (Phi) is 4.75. The summed E-state index contributed by atoms with van der Waals surface area (Å²) in [5.41, 5.74) is 3.72. The van der Waals surface area contributed by atoms with Crippen molar-refractivity contribution in [3.63, 3.8) is 0 Å². The molecule has 2 aromatic rings. The van der Waals surface area contributed by atoms with Gasteiger partial charge in [-0.05, 0) is 41.7 Å². The third-order valence-corrected chi connectivity index (χ3v) is 4.88. The normalized spacial score (nSPS) is 14.7. The van der Waals surface area contributed by atoms with Crippen LogP contribution in [0.15, 0.2) is 24.4 Å². The van der Waals surface area contributed by atoms with Crippen LogP contribution in [0.1, 0.15) is 55.1 Å². The van der Waals surface area contributed by atoms with E-state index in [1.807, 2.05) is 12.1 Å². The molecule has 5 heteroatoms. The predicted octanol–water partition coefficient (Wildman–Crippen LogP) is 2.88. The van der Waals surface area contributed by atoms with E-state index in [4.69, 9.17) is 0 Å². The molecule has 1 aromatic carbocycles. The van der Waals surface area contributed by atoms with Gasteiger partial charge in [0.05, 0.1) is 17.1 Å². The SMILES string of the molecule is CCc1cc(C(=O)NC2CN(C(C)=O)C2)c2nccc(C(C)C)c2c1. The average molecular weight is 339 g/mol. The van der Waals surface area contributed by atoms with E-state index < -0.39 is 0 Å². The van der Waals surface area contributed by atoms with Crippen LogP contribution < -0.4 is 5.32 Å². The minimum absolute atomic E-state index is 0.0185. The van der Waals surface area contributed by atoms with Crippen molar-refractivity contribution < 1.29 is 9.59 Å². The average Bonchev–Trinajstić information content (AvgIpc) is 2.55. The minimum Gasteiger partial charge on any atom is -0.346 e. The van der Waals surface area contributed by atoms with E-state index in [0.717, 1.165) is 22.9 Å². The third-order valence-electron chi connectivity index (χ3n) is 4.88. The summed E-state index contributed by atoms with van der Waals surface area (Å²) in [6.45, 7) is 9.10. The first-order valence-corrected chi connectivity index (χ1v) is 8.88. The third kappa shape index (κ3) is 3.36. The van der Waals surface area contributed by atoms with Crippen molar-refractivity contribution in [3.8, 4) is 0 Å². The lowest BCUT2D eigenvalue weighted by Gasteiger charge is -2.38. The van der Waals surface area contributed by atoms with Crippen LogP contribution in [-0.4, -0.2) is 40.8 Å². The van der Waals surface area contributed by atoms with E-state index in [9.17, 15) is 9.59 Å². The van der Waals surface area contributed by atoms with Crippen LogP contribution in [0.2, 0.25) is 0 Å². The second-order valence-corrected chi connectivity index (χ2v) is 7.04. The van der Waals surface area contributed by atoms with Crippen LogP contribution in [-0.2, 0) is 11.2 Å². The maximum atomic E-state index is 12.8. The van der Waals surface area contributed by atoms with Gasteiger partial charge >= 0.3 is 0 Å². The molecule has 2 amide bonds. The lowest BCUT2D eigenvalue weighted by atomic mass is 9.94. The number of benzene rings is 1. The summed E-state index contributed by atoms with van der Waals surface area (Å²) in [5, 5.41) is 4.09. The van der Waals surface area contributed by atoms with Crippen molar-refractivity contribution in [2.45, 2.75) is 46.1 Å². The van der Waals surface area contributed by atoms with Crippen molar-refractivity contribution >= 4 is 22.7 Å². The Morgan fingerprint density at radius 1 is 1.32 bits per heavy atom. The summed E-state index contributed by atoms with van der Waals surface area (Å²) < 4.78 is 0. The van der Waals surface area contributed by atoms with Gasteiger partial charge in [-0.3, -0.25) is 14.6 Å². The number of rotatable bonds is 4. The Hall–Kier alpha value is -2.43. The second-order valence-electron chi connectivity index (χ2n) is 7.04. The molecule has 0 spiro atoms. The number of carbonyl (C=O) groups is 2. The summed E-state index contributed by atoms with van der Waals surface area (Å²) in [7, 11) is 0. The number of carbonyl (C=O) groups excluding carboxylic acids is 2. The van der Waals surface area contributed by atoms with Crippen molar-refractivity contribution in [1.82, 2.24) is 15.2 Å². The van der Waals surface area contributed by atoms with Gasteiger partial charge < -0.3 is 10.2 Å². The first-order valence-electron chi connectivity index (χ1n) is 8.88.